The Balaban J connectivity index is 1.83. The maximum atomic E-state index is 12.7. The van der Waals surface area contributed by atoms with Gasteiger partial charge in [-0.1, -0.05) is 33.8 Å². The van der Waals surface area contributed by atoms with Gasteiger partial charge in [-0.25, -0.2) is 0 Å². The number of carbonyl (C=O) groups excluding carboxylic acids is 1. The molecule has 0 heterocycles. The van der Waals surface area contributed by atoms with Crippen molar-refractivity contribution in [3.8, 4) is 0 Å². The SMILES string of the molecule is C=C[C@]1(C)CC[C@]2(C)[C@H](C)C34C[C@](CCC3=O)([C@@H](C)C1O)[C@@H]42. The molecule has 0 aromatic carbocycles. The van der Waals surface area contributed by atoms with Crippen molar-refractivity contribution >= 4 is 5.78 Å². The molecule has 0 amide bonds. The average molecular weight is 302 g/mol. The number of Topliss-reactive ketones (excluding diaryl/α,β-unsaturated/α-hetero) is 1. The summed E-state index contributed by atoms with van der Waals surface area (Å²) in [5, 5.41) is 11.1. The Labute approximate surface area is 134 Å². The lowest BCUT2D eigenvalue weighted by Gasteiger charge is -2.85. The van der Waals surface area contributed by atoms with Crippen molar-refractivity contribution in [3.63, 3.8) is 0 Å². The van der Waals surface area contributed by atoms with E-state index in [1.54, 1.807) is 0 Å². The van der Waals surface area contributed by atoms with Crippen molar-refractivity contribution in [2.24, 2.45) is 39.4 Å². The molecule has 2 heteroatoms. The van der Waals surface area contributed by atoms with Gasteiger partial charge in [0.25, 0.3) is 0 Å². The molecule has 2 bridgehead atoms. The summed E-state index contributed by atoms with van der Waals surface area (Å²) in [4.78, 5) is 12.7. The molecule has 22 heavy (non-hydrogen) atoms. The molecule has 4 aliphatic rings. The maximum Gasteiger partial charge on any atom is 0.139 e. The van der Waals surface area contributed by atoms with Gasteiger partial charge < -0.3 is 5.11 Å². The fourth-order valence-electron chi connectivity index (χ4n) is 7.64. The number of hydrogen-bond acceptors (Lipinski definition) is 2. The molecule has 0 aliphatic heterocycles. The summed E-state index contributed by atoms with van der Waals surface area (Å²) in [6, 6.07) is 0. The van der Waals surface area contributed by atoms with Gasteiger partial charge in [0.05, 0.1) is 6.10 Å². The van der Waals surface area contributed by atoms with Crippen molar-refractivity contribution in [1.29, 1.82) is 0 Å². The van der Waals surface area contributed by atoms with Crippen molar-refractivity contribution in [1.82, 2.24) is 0 Å². The van der Waals surface area contributed by atoms with E-state index in [0.717, 1.165) is 32.1 Å². The first-order chi connectivity index (χ1) is 10.2. The summed E-state index contributed by atoms with van der Waals surface area (Å²) in [6.07, 6.45) is 6.51. The van der Waals surface area contributed by atoms with Gasteiger partial charge in [-0.05, 0) is 54.3 Å². The third-order valence-electron chi connectivity index (χ3n) is 9.19. The topological polar surface area (TPSA) is 37.3 Å². The van der Waals surface area contributed by atoms with E-state index in [9.17, 15) is 9.90 Å². The van der Waals surface area contributed by atoms with Crippen LogP contribution in [0.15, 0.2) is 12.7 Å². The van der Waals surface area contributed by atoms with Crippen LogP contribution in [-0.4, -0.2) is 17.0 Å². The molecular formula is C20H30O2. The third kappa shape index (κ3) is 1.21. The number of hydrogen-bond donors (Lipinski definition) is 1. The second kappa shape index (κ2) is 3.88. The first-order valence-electron chi connectivity index (χ1n) is 9.04. The van der Waals surface area contributed by atoms with Gasteiger partial charge in [-0.2, -0.15) is 0 Å². The Kier molecular flexibility index (Phi) is 2.63. The third-order valence-corrected chi connectivity index (χ3v) is 9.19. The van der Waals surface area contributed by atoms with E-state index >= 15 is 0 Å². The highest BCUT2D eigenvalue weighted by atomic mass is 16.3. The number of aliphatic hydroxyl groups is 1. The molecule has 4 saturated carbocycles. The van der Waals surface area contributed by atoms with Crippen LogP contribution in [0.1, 0.15) is 59.8 Å². The number of aliphatic hydroxyl groups excluding tert-OH is 1. The molecule has 0 aromatic heterocycles. The van der Waals surface area contributed by atoms with Gasteiger partial charge in [0.1, 0.15) is 5.78 Å². The molecule has 122 valence electrons. The van der Waals surface area contributed by atoms with Crippen LogP contribution < -0.4 is 0 Å². The molecule has 2 spiro atoms. The minimum absolute atomic E-state index is 0.0249. The zero-order valence-corrected chi connectivity index (χ0v) is 14.5. The number of carbonyl (C=O) groups is 1. The fourth-order valence-corrected chi connectivity index (χ4v) is 7.64. The molecule has 2 nitrogen and oxygen atoms in total. The summed E-state index contributed by atoms with van der Waals surface area (Å²) < 4.78 is 0. The lowest BCUT2D eigenvalue weighted by molar-refractivity contribution is -0.359. The van der Waals surface area contributed by atoms with Gasteiger partial charge in [-0.15, -0.1) is 6.58 Å². The Morgan fingerprint density at radius 1 is 1.23 bits per heavy atom. The highest BCUT2D eigenvalue weighted by Gasteiger charge is 2.85. The van der Waals surface area contributed by atoms with E-state index in [1.807, 2.05) is 6.08 Å². The second-order valence-corrected chi connectivity index (χ2v) is 9.48. The molecule has 4 rings (SSSR count). The Hall–Kier alpha value is -0.630. The van der Waals surface area contributed by atoms with Crippen LogP contribution in [0.2, 0.25) is 0 Å². The molecule has 1 N–H and O–H groups in total. The van der Waals surface area contributed by atoms with E-state index in [1.165, 1.54) is 0 Å². The van der Waals surface area contributed by atoms with Crippen molar-refractivity contribution in [2.75, 3.05) is 0 Å². The van der Waals surface area contributed by atoms with Gasteiger partial charge in [0.2, 0.25) is 0 Å². The van der Waals surface area contributed by atoms with E-state index in [2.05, 4.69) is 34.3 Å². The van der Waals surface area contributed by atoms with Crippen LogP contribution in [-0.2, 0) is 4.79 Å². The standard InChI is InChI=1S/C20H30O2/c1-6-17(4)9-10-18(5)13(3)20-11-19(16(18)20,8-7-14(20)21)12(2)15(17)22/h6,12-13,15-16,22H,1,7-11H2,2-5H3/t12-,13-,15?,16-,17+,18+,19+,20?/m0/s1. The minimum Gasteiger partial charge on any atom is -0.392 e. The Morgan fingerprint density at radius 2 is 1.91 bits per heavy atom. The number of ketones is 1. The highest BCUT2D eigenvalue weighted by Crippen LogP contribution is 2.87. The summed E-state index contributed by atoms with van der Waals surface area (Å²) in [5.74, 6) is 1.80. The molecule has 0 saturated heterocycles. The predicted octanol–water partition coefficient (Wildman–Crippen LogP) is 3.98. The van der Waals surface area contributed by atoms with Crippen LogP contribution in [0.4, 0.5) is 0 Å². The lowest BCUT2D eigenvalue weighted by atomic mass is 9.18. The monoisotopic (exact) mass is 302 g/mol. The van der Waals surface area contributed by atoms with Crippen LogP contribution in [0.25, 0.3) is 0 Å². The molecule has 8 atom stereocenters. The van der Waals surface area contributed by atoms with Crippen LogP contribution in [0.5, 0.6) is 0 Å². The molecule has 0 radical (unpaired) electrons. The van der Waals surface area contributed by atoms with Crippen molar-refractivity contribution in [3.05, 3.63) is 12.7 Å². The smallest absolute Gasteiger partial charge is 0.139 e. The summed E-state index contributed by atoms with van der Waals surface area (Å²) in [7, 11) is 0. The summed E-state index contributed by atoms with van der Waals surface area (Å²) in [6.45, 7) is 13.2. The van der Waals surface area contributed by atoms with Gasteiger partial charge >= 0.3 is 0 Å². The van der Waals surface area contributed by atoms with Crippen LogP contribution in [0, 0.1) is 39.4 Å². The van der Waals surface area contributed by atoms with Crippen LogP contribution >= 0.6 is 0 Å². The Morgan fingerprint density at radius 3 is 2.55 bits per heavy atom. The first kappa shape index (κ1) is 14.9. The highest BCUT2D eigenvalue weighted by molar-refractivity contribution is 5.90. The molecule has 0 aromatic rings. The molecule has 4 fully saturated rings. The number of rotatable bonds is 1. The maximum absolute atomic E-state index is 12.7. The van der Waals surface area contributed by atoms with E-state index in [0.29, 0.717) is 17.6 Å². The fraction of sp³-hybridized carbons (Fsp3) is 0.850. The van der Waals surface area contributed by atoms with E-state index in [4.69, 9.17) is 0 Å². The van der Waals surface area contributed by atoms with Crippen molar-refractivity contribution in [2.45, 2.75) is 65.9 Å². The summed E-state index contributed by atoms with van der Waals surface area (Å²) in [5.41, 5.74) is 0.242. The molecular weight excluding hydrogens is 272 g/mol. The lowest BCUT2D eigenvalue weighted by Crippen LogP contribution is -2.83. The normalized spacial score (nSPS) is 62.9. The zero-order chi connectivity index (χ0) is 16.1. The van der Waals surface area contributed by atoms with Crippen molar-refractivity contribution < 1.29 is 9.90 Å². The predicted molar refractivity (Wildman–Crippen MR) is 87.2 cm³/mol. The second-order valence-electron chi connectivity index (χ2n) is 9.48. The average Bonchev–Trinajstić information content (AvgIpc) is 2.49. The van der Waals surface area contributed by atoms with E-state index in [-0.39, 0.29) is 33.7 Å². The van der Waals surface area contributed by atoms with Gasteiger partial charge in [-0.3, -0.25) is 4.79 Å². The quantitative estimate of drug-likeness (QED) is 0.744. The van der Waals surface area contributed by atoms with Gasteiger partial charge in [0.15, 0.2) is 0 Å². The van der Waals surface area contributed by atoms with Gasteiger partial charge in [0, 0.05) is 17.3 Å². The Bertz CT molecular complexity index is 568. The van der Waals surface area contributed by atoms with E-state index < -0.39 is 0 Å². The summed E-state index contributed by atoms with van der Waals surface area (Å²) >= 11 is 0. The largest absolute Gasteiger partial charge is 0.392 e. The first-order valence-corrected chi connectivity index (χ1v) is 9.04. The zero-order valence-electron chi connectivity index (χ0n) is 14.5. The molecule has 4 aliphatic carbocycles. The minimum atomic E-state index is -0.336. The van der Waals surface area contributed by atoms with Crippen LogP contribution in [0.3, 0.4) is 0 Å². The molecule has 2 unspecified atom stereocenters.